The van der Waals surface area contributed by atoms with E-state index in [9.17, 15) is 0 Å². The summed E-state index contributed by atoms with van der Waals surface area (Å²) in [5.74, 6) is 0.471. The molecule has 94 valence electrons. The maximum absolute atomic E-state index is 9.05. The van der Waals surface area contributed by atoms with E-state index in [1.807, 2.05) is 13.0 Å². The van der Waals surface area contributed by atoms with Crippen LogP contribution in [0.5, 0.6) is 0 Å². The monoisotopic (exact) mass is 242 g/mol. The molecule has 1 fully saturated rings. The molecule has 0 saturated carbocycles. The van der Waals surface area contributed by atoms with Crippen molar-refractivity contribution in [3.05, 3.63) is 41.6 Å². The van der Waals surface area contributed by atoms with Crippen molar-refractivity contribution in [2.75, 3.05) is 19.7 Å². The first-order valence-corrected chi connectivity index (χ1v) is 6.45. The van der Waals surface area contributed by atoms with Gasteiger partial charge in [0.05, 0.1) is 5.52 Å². The molecule has 3 rings (SSSR count). The van der Waals surface area contributed by atoms with Crippen LogP contribution in [0.2, 0.25) is 0 Å². The van der Waals surface area contributed by atoms with Crippen LogP contribution in [0.25, 0.3) is 10.9 Å². The number of hydrogen-bond acceptors (Lipinski definition) is 3. The van der Waals surface area contributed by atoms with Gasteiger partial charge in [0.15, 0.2) is 0 Å². The minimum atomic E-state index is 0.312. The Labute approximate surface area is 107 Å². The Morgan fingerprint density at radius 1 is 1.33 bits per heavy atom. The lowest BCUT2D eigenvalue weighted by Crippen LogP contribution is -2.47. The summed E-state index contributed by atoms with van der Waals surface area (Å²) in [5.41, 5.74) is 3.49. The number of aromatic nitrogens is 1. The molecule has 0 aliphatic carbocycles. The quantitative estimate of drug-likeness (QED) is 0.894. The van der Waals surface area contributed by atoms with Gasteiger partial charge in [0, 0.05) is 43.2 Å². The van der Waals surface area contributed by atoms with Crippen LogP contribution in [0.15, 0.2) is 30.3 Å². The standard InChI is InChI=1S/C15H18N2O/c1-11-6-13(9-17-7-12(8-17)10-18)14-4-2-3-5-15(14)16-11/h2-6,12,18H,7-10H2,1H3. The fraction of sp³-hybridized carbons (Fsp3) is 0.400. The molecule has 0 amide bonds. The zero-order valence-electron chi connectivity index (χ0n) is 10.6. The van der Waals surface area contributed by atoms with Crippen LogP contribution < -0.4 is 0 Å². The van der Waals surface area contributed by atoms with Gasteiger partial charge < -0.3 is 5.11 Å². The molecule has 3 nitrogen and oxygen atoms in total. The van der Waals surface area contributed by atoms with E-state index in [0.29, 0.717) is 12.5 Å². The Morgan fingerprint density at radius 3 is 2.89 bits per heavy atom. The van der Waals surface area contributed by atoms with Crippen molar-refractivity contribution in [2.45, 2.75) is 13.5 Å². The van der Waals surface area contributed by atoms with E-state index in [1.54, 1.807) is 0 Å². The average Bonchev–Trinajstić information content (AvgIpc) is 2.32. The van der Waals surface area contributed by atoms with Gasteiger partial charge in [-0.3, -0.25) is 9.88 Å². The van der Waals surface area contributed by atoms with E-state index in [4.69, 9.17) is 5.11 Å². The fourth-order valence-electron chi connectivity index (χ4n) is 2.69. The molecule has 1 aliphatic rings. The molecule has 0 spiro atoms. The van der Waals surface area contributed by atoms with E-state index in [-0.39, 0.29) is 0 Å². The predicted octanol–water partition coefficient (Wildman–Crippen LogP) is 1.97. The van der Waals surface area contributed by atoms with Crippen LogP contribution in [-0.4, -0.2) is 34.7 Å². The van der Waals surface area contributed by atoms with E-state index in [2.05, 4.69) is 34.1 Å². The van der Waals surface area contributed by atoms with Crippen LogP contribution in [0, 0.1) is 12.8 Å². The number of benzene rings is 1. The predicted molar refractivity (Wildman–Crippen MR) is 72.3 cm³/mol. The number of fused-ring (bicyclic) bond motifs is 1. The summed E-state index contributed by atoms with van der Waals surface area (Å²) in [6.45, 7) is 5.33. The summed E-state index contributed by atoms with van der Waals surface area (Å²) >= 11 is 0. The maximum Gasteiger partial charge on any atom is 0.0708 e. The molecular weight excluding hydrogens is 224 g/mol. The number of aliphatic hydroxyl groups excluding tert-OH is 1. The molecule has 0 atom stereocenters. The Kier molecular flexibility index (Phi) is 3.02. The highest BCUT2D eigenvalue weighted by molar-refractivity contribution is 5.82. The molecule has 2 heterocycles. The SMILES string of the molecule is Cc1cc(CN2CC(CO)C2)c2ccccc2n1. The molecule has 1 aromatic heterocycles. The Morgan fingerprint density at radius 2 is 2.11 bits per heavy atom. The molecule has 0 unspecified atom stereocenters. The third-order valence-corrected chi connectivity index (χ3v) is 3.61. The van der Waals surface area contributed by atoms with Gasteiger partial charge in [-0.25, -0.2) is 0 Å². The van der Waals surface area contributed by atoms with Gasteiger partial charge in [0.1, 0.15) is 0 Å². The molecule has 3 heteroatoms. The summed E-state index contributed by atoms with van der Waals surface area (Å²) in [4.78, 5) is 6.94. The molecule has 0 bridgehead atoms. The van der Waals surface area contributed by atoms with Crippen LogP contribution in [0.3, 0.4) is 0 Å². The number of hydrogen-bond donors (Lipinski definition) is 1. The first-order valence-electron chi connectivity index (χ1n) is 6.45. The second-order valence-corrected chi connectivity index (χ2v) is 5.18. The van der Waals surface area contributed by atoms with Gasteiger partial charge in [0.2, 0.25) is 0 Å². The highest BCUT2D eigenvalue weighted by atomic mass is 16.3. The van der Waals surface area contributed by atoms with Crippen molar-refractivity contribution in [1.82, 2.24) is 9.88 Å². The van der Waals surface area contributed by atoms with Crippen LogP contribution >= 0.6 is 0 Å². The first kappa shape index (κ1) is 11.6. The zero-order chi connectivity index (χ0) is 12.5. The lowest BCUT2D eigenvalue weighted by atomic mass is 9.99. The smallest absolute Gasteiger partial charge is 0.0708 e. The number of pyridine rings is 1. The molecule has 1 N–H and O–H groups in total. The van der Waals surface area contributed by atoms with Gasteiger partial charge >= 0.3 is 0 Å². The summed E-state index contributed by atoms with van der Waals surface area (Å²) < 4.78 is 0. The number of para-hydroxylation sites is 1. The topological polar surface area (TPSA) is 36.4 Å². The van der Waals surface area contributed by atoms with Gasteiger partial charge in [-0.2, -0.15) is 0 Å². The van der Waals surface area contributed by atoms with Crippen molar-refractivity contribution in [1.29, 1.82) is 0 Å². The Hall–Kier alpha value is -1.45. The van der Waals surface area contributed by atoms with E-state index in [1.165, 1.54) is 10.9 Å². The Balaban J connectivity index is 1.87. The van der Waals surface area contributed by atoms with Crippen LogP contribution in [0.1, 0.15) is 11.3 Å². The summed E-state index contributed by atoms with van der Waals surface area (Å²) in [7, 11) is 0. The lowest BCUT2D eigenvalue weighted by molar-refractivity contribution is 0.0482. The van der Waals surface area contributed by atoms with Gasteiger partial charge in [-0.15, -0.1) is 0 Å². The van der Waals surface area contributed by atoms with Crippen molar-refractivity contribution in [3.8, 4) is 0 Å². The van der Waals surface area contributed by atoms with Crippen molar-refractivity contribution >= 4 is 10.9 Å². The normalized spacial score (nSPS) is 17.0. The fourth-order valence-corrected chi connectivity index (χ4v) is 2.69. The number of aryl methyl sites for hydroxylation is 1. The molecule has 1 saturated heterocycles. The minimum absolute atomic E-state index is 0.312. The maximum atomic E-state index is 9.05. The van der Waals surface area contributed by atoms with E-state index in [0.717, 1.165) is 30.8 Å². The largest absolute Gasteiger partial charge is 0.396 e. The summed E-state index contributed by atoms with van der Waals surface area (Å²) in [6.07, 6.45) is 0. The van der Waals surface area contributed by atoms with Crippen LogP contribution in [-0.2, 0) is 6.54 Å². The highest BCUT2D eigenvalue weighted by Crippen LogP contribution is 2.23. The van der Waals surface area contributed by atoms with Crippen molar-refractivity contribution in [2.24, 2.45) is 5.92 Å². The zero-order valence-corrected chi connectivity index (χ0v) is 10.6. The summed E-state index contributed by atoms with van der Waals surface area (Å²) in [5, 5.41) is 10.3. The van der Waals surface area contributed by atoms with Gasteiger partial charge in [-0.1, -0.05) is 18.2 Å². The third kappa shape index (κ3) is 2.11. The lowest BCUT2D eigenvalue weighted by Gasteiger charge is -2.38. The van der Waals surface area contributed by atoms with Gasteiger partial charge in [-0.05, 0) is 24.6 Å². The average molecular weight is 242 g/mol. The number of rotatable bonds is 3. The molecule has 1 aromatic carbocycles. The Bertz CT molecular complexity index is 561. The van der Waals surface area contributed by atoms with E-state index >= 15 is 0 Å². The molecule has 0 radical (unpaired) electrons. The third-order valence-electron chi connectivity index (χ3n) is 3.61. The number of likely N-dealkylation sites (tertiary alicyclic amines) is 1. The summed E-state index contributed by atoms with van der Waals surface area (Å²) in [6, 6.07) is 10.5. The second kappa shape index (κ2) is 4.67. The van der Waals surface area contributed by atoms with Crippen molar-refractivity contribution in [3.63, 3.8) is 0 Å². The highest BCUT2D eigenvalue weighted by Gasteiger charge is 2.26. The second-order valence-electron chi connectivity index (χ2n) is 5.18. The van der Waals surface area contributed by atoms with Gasteiger partial charge in [0.25, 0.3) is 0 Å². The van der Waals surface area contributed by atoms with Crippen LogP contribution in [0.4, 0.5) is 0 Å². The molecular formula is C15H18N2O. The number of nitrogens with zero attached hydrogens (tertiary/aromatic N) is 2. The van der Waals surface area contributed by atoms with E-state index < -0.39 is 0 Å². The molecule has 18 heavy (non-hydrogen) atoms. The van der Waals surface area contributed by atoms with Crippen molar-refractivity contribution < 1.29 is 5.11 Å². The first-order chi connectivity index (χ1) is 8.76. The minimum Gasteiger partial charge on any atom is -0.396 e. The molecule has 2 aromatic rings. The molecule has 1 aliphatic heterocycles. The number of aliphatic hydroxyl groups is 1.